The molecule has 1 saturated heterocycles. The van der Waals surface area contributed by atoms with Gasteiger partial charge in [-0.3, -0.25) is 14.4 Å². The van der Waals surface area contributed by atoms with Crippen LogP contribution in [0.25, 0.3) is 0 Å². The fourth-order valence-electron chi connectivity index (χ4n) is 3.76. The second-order valence-corrected chi connectivity index (χ2v) is 11.5. The second-order valence-electron chi connectivity index (χ2n) is 9.85. The highest BCUT2D eigenvalue weighted by Gasteiger charge is 2.52. The lowest BCUT2D eigenvalue weighted by Crippen LogP contribution is -2.46. The lowest BCUT2D eigenvalue weighted by molar-refractivity contribution is -0.211. The van der Waals surface area contributed by atoms with Gasteiger partial charge in [-0.05, 0) is 74.1 Å². The Kier molecular flexibility index (Phi) is 10.9. The van der Waals surface area contributed by atoms with Crippen LogP contribution < -0.4 is 20.7 Å². The van der Waals surface area contributed by atoms with Crippen molar-refractivity contribution in [2.45, 2.75) is 51.9 Å². The summed E-state index contributed by atoms with van der Waals surface area (Å²) in [6.45, 7) is 0.298. The van der Waals surface area contributed by atoms with Crippen LogP contribution in [0.2, 0.25) is 5.02 Å². The van der Waals surface area contributed by atoms with E-state index in [1.807, 2.05) is 0 Å². The molecule has 1 heterocycles. The van der Waals surface area contributed by atoms with Crippen LogP contribution in [-0.4, -0.2) is 54.5 Å². The molecule has 3 rings (SSSR count). The van der Waals surface area contributed by atoms with Crippen molar-refractivity contribution in [1.82, 2.24) is 10.6 Å². The Morgan fingerprint density at radius 1 is 1.02 bits per heavy atom. The molecule has 0 saturated carbocycles. The van der Waals surface area contributed by atoms with Crippen molar-refractivity contribution in [3.05, 3.63) is 58.1 Å². The van der Waals surface area contributed by atoms with E-state index in [4.69, 9.17) is 16.3 Å². The molecule has 0 atom stereocenters. The third-order valence-electron chi connectivity index (χ3n) is 6.41. The Bertz CT molecular complexity index is 1270. The van der Waals surface area contributed by atoms with E-state index in [1.165, 1.54) is 36.4 Å². The summed E-state index contributed by atoms with van der Waals surface area (Å²) in [5, 5.41) is 7.70. The smallest absolute Gasteiger partial charge is 0.402 e. The summed E-state index contributed by atoms with van der Waals surface area (Å²) in [6.07, 6.45) is -6.01. The zero-order valence-electron chi connectivity index (χ0n) is 22.2. The zero-order valence-corrected chi connectivity index (χ0v) is 23.7. The van der Waals surface area contributed by atoms with Gasteiger partial charge in [0.1, 0.15) is 17.8 Å². The molecule has 3 N–H and O–H groups in total. The third-order valence-corrected chi connectivity index (χ3v) is 7.79. The van der Waals surface area contributed by atoms with Crippen LogP contribution in [-0.2, 0) is 11.3 Å². The van der Waals surface area contributed by atoms with Gasteiger partial charge in [-0.1, -0.05) is 17.7 Å². The molecular formula is C27H29ClF5N3O4S. The number of carbonyl (C=O) groups is 3. The molecule has 41 heavy (non-hydrogen) atoms. The van der Waals surface area contributed by atoms with Gasteiger partial charge in [-0.15, -0.1) is 0 Å². The van der Waals surface area contributed by atoms with Gasteiger partial charge in [0.15, 0.2) is 0 Å². The monoisotopic (exact) mass is 621 g/mol. The molecule has 1 aliphatic rings. The first-order valence-electron chi connectivity index (χ1n) is 12.6. The highest BCUT2D eigenvalue weighted by molar-refractivity contribution is 7.99. The van der Waals surface area contributed by atoms with E-state index in [1.54, 1.807) is 11.8 Å². The number of alkyl halides is 5. The summed E-state index contributed by atoms with van der Waals surface area (Å²) < 4.78 is 70.1. The summed E-state index contributed by atoms with van der Waals surface area (Å²) in [4.78, 5) is 38.2. The molecule has 0 radical (unpaired) electrons. The number of hydrogen-bond donors (Lipinski definition) is 3. The Morgan fingerprint density at radius 2 is 1.71 bits per heavy atom. The molecule has 1 fully saturated rings. The maximum Gasteiger partial charge on any atom is 0.402 e. The number of nitrogens with one attached hydrogen (secondary N) is 3. The van der Waals surface area contributed by atoms with Gasteiger partial charge in [0, 0.05) is 18.3 Å². The van der Waals surface area contributed by atoms with Gasteiger partial charge < -0.3 is 20.7 Å². The van der Waals surface area contributed by atoms with Crippen molar-refractivity contribution < 1.29 is 41.1 Å². The molecule has 0 unspecified atom stereocenters. The molecule has 0 spiro atoms. The normalized spacial score (nSPS) is 14.5. The predicted octanol–water partition coefficient (Wildman–Crippen LogP) is 6.07. The standard InChI is InChI=1S/C27H29ClF5N3O4S/c1-26(2,27(31,32)33)25(39)34-13-15-3-5-20(28)18(11-15)23(37)36-17-4-6-21(40-14-22(29)30)19(12-17)24(38)35-16-7-9-41-10-8-16/h3-6,11-12,16,22H,7-10,13-14H2,1-2H3,(H,34,39)(H,35,38)(H,36,37). The van der Waals surface area contributed by atoms with E-state index in [0.717, 1.165) is 38.2 Å². The summed E-state index contributed by atoms with van der Waals surface area (Å²) in [6, 6.07) is 7.98. The van der Waals surface area contributed by atoms with Crippen molar-refractivity contribution >= 4 is 46.8 Å². The first-order chi connectivity index (χ1) is 19.2. The maximum atomic E-state index is 13.1. The average Bonchev–Trinajstić information content (AvgIpc) is 2.91. The minimum atomic E-state index is -4.76. The van der Waals surface area contributed by atoms with Gasteiger partial charge in [-0.2, -0.15) is 24.9 Å². The van der Waals surface area contributed by atoms with Crippen molar-refractivity contribution in [1.29, 1.82) is 0 Å². The van der Waals surface area contributed by atoms with E-state index in [-0.39, 0.29) is 40.2 Å². The average molecular weight is 622 g/mol. The molecule has 14 heteroatoms. The lowest BCUT2D eigenvalue weighted by Gasteiger charge is -2.26. The molecule has 224 valence electrons. The van der Waals surface area contributed by atoms with E-state index < -0.39 is 42.3 Å². The number of hydrogen-bond acceptors (Lipinski definition) is 5. The van der Waals surface area contributed by atoms with E-state index in [9.17, 15) is 36.3 Å². The molecule has 3 amide bonds. The summed E-state index contributed by atoms with van der Waals surface area (Å²) in [5.41, 5.74) is -2.25. The largest absolute Gasteiger partial charge is 0.487 e. The fourth-order valence-corrected chi connectivity index (χ4v) is 5.07. The number of anilines is 1. The van der Waals surface area contributed by atoms with Crippen LogP contribution in [0.3, 0.4) is 0 Å². The van der Waals surface area contributed by atoms with Crippen LogP contribution in [0.1, 0.15) is 53.0 Å². The number of halogens is 6. The number of carbonyl (C=O) groups excluding carboxylic acids is 3. The minimum Gasteiger partial charge on any atom is -0.487 e. The van der Waals surface area contributed by atoms with Gasteiger partial charge in [-0.25, -0.2) is 8.78 Å². The Hall–Kier alpha value is -3.06. The van der Waals surface area contributed by atoms with Crippen LogP contribution in [0.15, 0.2) is 36.4 Å². The highest BCUT2D eigenvalue weighted by Crippen LogP contribution is 2.37. The molecule has 0 aromatic heterocycles. The molecule has 7 nitrogen and oxygen atoms in total. The molecular weight excluding hydrogens is 593 g/mol. The Labute approximate surface area is 242 Å². The maximum absolute atomic E-state index is 13.1. The Balaban J connectivity index is 1.77. The molecule has 2 aromatic rings. The first-order valence-corrected chi connectivity index (χ1v) is 14.1. The SMILES string of the molecule is CC(C)(C(=O)NCc1ccc(Cl)c(C(=O)Nc2ccc(OCC(F)F)c(C(=O)NC3CCSCC3)c2)c1)C(F)(F)F. The van der Waals surface area contributed by atoms with Gasteiger partial charge in [0.25, 0.3) is 18.2 Å². The topological polar surface area (TPSA) is 96.5 Å². The molecule has 2 aromatic carbocycles. The quantitative estimate of drug-likeness (QED) is 0.280. The van der Waals surface area contributed by atoms with Crippen LogP contribution in [0.5, 0.6) is 5.75 Å². The lowest BCUT2D eigenvalue weighted by atomic mass is 9.91. The zero-order chi connectivity index (χ0) is 30.4. The molecule has 0 bridgehead atoms. The highest BCUT2D eigenvalue weighted by atomic mass is 35.5. The second kappa shape index (κ2) is 13.7. The van der Waals surface area contributed by atoms with E-state index >= 15 is 0 Å². The number of amides is 3. The first kappa shape index (κ1) is 32.5. The van der Waals surface area contributed by atoms with Crippen molar-refractivity contribution in [2.24, 2.45) is 5.41 Å². The van der Waals surface area contributed by atoms with Gasteiger partial charge >= 0.3 is 6.18 Å². The Morgan fingerprint density at radius 3 is 2.34 bits per heavy atom. The number of rotatable bonds is 10. The van der Waals surface area contributed by atoms with Gasteiger partial charge in [0.2, 0.25) is 5.91 Å². The van der Waals surface area contributed by atoms with Crippen molar-refractivity contribution in [3.63, 3.8) is 0 Å². The minimum absolute atomic E-state index is 0.0261. The molecule has 0 aliphatic carbocycles. The number of thioether (sulfide) groups is 1. The van der Waals surface area contributed by atoms with E-state index in [2.05, 4.69) is 16.0 Å². The van der Waals surface area contributed by atoms with Crippen LogP contribution in [0, 0.1) is 5.41 Å². The van der Waals surface area contributed by atoms with Crippen molar-refractivity contribution in [3.8, 4) is 5.75 Å². The fraction of sp³-hybridized carbons (Fsp3) is 0.444. The van der Waals surface area contributed by atoms with E-state index in [0.29, 0.717) is 5.56 Å². The third kappa shape index (κ3) is 8.71. The predicted molar refractivity (Wildman–Crippen MR) is 147 cm³/mol. The summed E-state index contributed by atoms with van der Waals surface area (Å²) in [5.74, 6) is -0.824. The van der Waals surface area contributed by atoms with Crippen LogP contribution >= 0.6 is 23.4 Å². The molecule has 1 aliphatic heterocycles. The summed E-state index contributed by atoms with van der Waals surface area (Å²) >= 11 is 7.95. The number of ether oxygens (including phenoxy) is 1. The number of benzene rings is 2. The van der Waals surface area contributed by atoms with Crippen LogP contribution in [0.4, 0.5) is 27.6 Å². The van der Waals surface area contributed by atoms with Gasteiger partial charge in [0.05, 0.1) is 16.1 Å². The van der Waals surface area contributed by atoms with Crippen molar-refractivity contribution in [2.75, 3.05) is 23.4 Å². The summed E-state index contributed by atoms with van der Waals surface area (Å²) in [7, 11) is 0.